The van der Waals surface area contributed by atoms with Gasteiger partial charge in [-0.05, 0) is 24.5 Å². The molecule has 1 aliphatic carbocycles. The summed E-state index contributed by atoms with van der Waals surface area (Å²) in [6.07, 6.45) is 4.98. The highest BCUT2D eigenvalue weighted by Gasteiger charge is 2.22. The van der Waals surface area contributed by atoms with E-state index < -0.39 is 10.7 Å². The Morgan fingerprint density at radius 1 is 1.50 bits per heavy atom. The second kappa shape index (κ2) is 5.03. The van der Waals surface area contributed by atoms with E-state index in [0.717, 1.165) is 18.4 Å². The van der Waals surface area contributed by atoms with Crippen LogP contribution in [0, 0.1) is 21.8 Å². The Kier molecular flexibility index (Phi) is 3.22. The molecule has 1 N–H and O–H groups in total. The van der Waals surface area contributed by atoms with Gasteiger partial charge in [0.1, 0.15) is 5.52 Å². The maximum absolute atomic E-state index is 14.1. The average molecular weight is 275 g/mol. The molecule has 5 nitrogen and oxygen atoms in total. The summed E-state index contributed by atoms with van der Waals surface area (Å²) in [5.74, 6) is 0.113. The van der Waals surface area contributed by atoms with Gasteiger partial charge in [-0.2, -0.15) is 0 Å². The molecule has 20 heavy (non-hydrogen) atoms. The van der Waals surface area contributed by atoms with Gasteiger partial charge in [-0.3, -0.25) is 15.1 Å². The quantitative estimate of drug-likeness (QED) is 0.670. The molecule has 0 amide bonds. The van der Waals surface area contributed by atoms with E-state index >= 15 is 0 Å². The number of halogens is 1. The van der Waals surface area contributed by atoms with E-state index in [4.69, 9.17) is 0 Å². The standard InChI is InChI=1S/C14H14FN3O2/c15-11-8-12(18(19)20)10-2-1-6-16-13(10)14(11)17-7-5-9-3-4-9/h1-2,6,8-9,17H,3-5,7H2. The number of rotatable bonds is 5. The molecule has 2 aromatic rings. The van der Waals surface area contributed by atoms with E-state index in [-0.39, 0.29) is 11.4 Å². The third kappa shape index (κ3) is 2.41. The van der Waals surface area contributed by atoms with Gasteiger partial charge in [0, 0.05) is 12.7 Å². The molecular weight excluding hydrogens is 261 g/mol. The fraction of sp³-hybridized carbons (Fsp3) is 0.357. The molecule has 0 saturated heterocycles. The first kappa shape index (κ1) is 12.8. The van der Waals surface area contributed by atoms with Crippen molar-refractivity contribution in [3.05, 3.63) is 40.3 Å². The topological polar surface area (TPSA) is 68.1 Å². The van der Waals surface area contributed by atoms with Crippen LogP contribution in [0.3, 0.4) is 0 Å². The second-order valence-electron chi connectivity index (χ2n) is 5.07. The largest absolute Gasteiger partial charge is 0.381 e. The number of hydrogen-bond donors (Lipinski definition) is 1. The maximum Gasteiger partial charge on any atom is 0.281 e. The van der Waals surface area contributed by atoms with Crippen molar-refractivity contribution in [1.82, 2.24) is 4.98 Å². The first-order valence-electron chi connectivity index (χ1n) is 6.62. The van der Waals surface area contributed by atoms with Crippen LogP contribution in [-0.2, 0) is 0 Å². The highest BCUT2D eigenvalue weighted by molar-refractivity contribution is 5.97. The van der Waals surface area contributed by atoms with Crippen molar-refractivity contribution >= 4 is 22.3 Å². The molecule has 1 aliphatic rings. The van der Waals surface area contributed by atoms with Crippen LogP contribution in [0.15, 0.2) is 24.4 Å². The lowest BCUT2D eigenvalue weighted by Crippen LogP contribution is -2.06. The Labute approximate surface area is 115 Å². The number of nitro groups is 1. The monoisotopic (exact) mass is 275 g/mol. The maximum atomic E-state index is 14.1. The van der Waals surface area contributed by atoms with Crippen LogP contribution >= 0.6 is 0 Å². The average Bonchev–Trinajstić information content (AvgIpc) is 3.24. The van der Waals surface area contributed by atoms with Gasteiger partial charge < -0.3 is 5.32 Å². The first-order valence-corrected chi connectivity index (χ1v) is 6.62. The molecule has 104 valence electrons. The van der Waals surface area contributed by atoms with Gasteiger partial charge in [-0.15, -0.1) is 0 Å². The number of aromatic nitrogens is 1. The lowest BCUT2D eigenvalue weighted by atomic mass is 10.1. The van der Waals surface area contributed by atoms with Crippen LogP contribution in [0.1, 0.15) is 19.3 Å². The predicted molar refractivity (Wildman–Crippen MR) is 74.2 cm³/mol. The molecule has 0 atom stereocenters. The van der Waals surface area contributed by atoms with Crippen LogP contribution in [0.2, 0.25) is 0 Å². The lowest BCUT2D eigenvalue weighted by molar-refractivity contribution is -0.383. The molecule has 1 heterocycles. The number of nitrogens with one attached hydrogen (secondary N) is 1. The fourth-order valence-electron chi connectivity index (χ4n) is 2.32. The summed E-state index contributed by atoms with van der Waals surface area (Å²) >= 11 is 0. The molecule has 6 heteroatoms. The molecule has 0 radical (unpaired) electrons. The summed E-state index contributed by atoms with van der Waals surface area (Å²) in [5.41, 5.74) is 0.320. The summed E-state index contributed by atoms with van der Waals surface area (Å²) in [5, 5.41) is 14.4. The van der Waals surface area contributed by atoms with Gasteiger partial charge in [-0.1, -0.05) is 12.8 Å². The van der Waals surface area contributed by atoms with Crippen LogP contribution < -0.4 is 5.32 Å². The SMILES string of the molecule is O=[N+]([O-])c1cc(F)c(NCCC2CC2)c2ncccc12. The molecule has 1 aromatic heterocycles. The van der Waals surface area contributed by atoms with E-state index in [1.54, 1.807) is 12.1 Å². The van der Waals surface area contributed by atoms with Crippen LogP contribution in [0.4, 0.5) is 15.8 Å². The van der Waals surface area contributed by atoms with Crippen molar-refractivity contribution in [2.75, 3.05) is 11.9 Å². The van der Waals surface area contributed by atoms with Crippen LogP contribution in [0.5, 0.6) is 0 Å². The van der Waals surface area contributed by atoms with Crippen molar-refractivity contribution in [3.8, 4) is 0 Å². The van der Waals surface area contributed by atoms with Gasteiger partial charge in [0.25, 0.3) is 5.69 Å². The Bertz CT molecular complexity index is 671. The van der Waals surface area contributed by atoms with Crippen molar-refractivity contribution in [3.63, 3.8) is 0 Å². The zero-order valence-electron chi connectivity index (χ0n) is 10.8. The van der Waals surface area contributed by atoms with E-state index in [1.807, 2.05) is 0 Å². The Balaban J connectivity index is 1.99. The highest BCUT2D eigenvalue weighted by atomic mass is 19.1. The van der Waals surface area contributed by atoms with E-state index in [9.17, 15) is 14.5 Å². The van der Waals surface area contributed by atoms with Crippen molar-refractivity contribution in [1.29, 1.82) is 0 Å². The number of fused-ring (bicyclic) bond motifs is 1. The van der Waals surface area contributed by atoms with Gasteiger partial charge >= 0.3 is 0 Å². The zero-order valence-corrected chi connectivity index (χ0v) is 10.8. The van der Waals surface area contributed by atoms with Gasteiger partial charge in [-0.25, -0.2) is 4.39 Å². The summed E-state index contributed by atoms with van der Waals surface area (Å²) in [6, 6.07) is 4.16. The number of nitrogens with zero attached hydrogens (tertiary/aromatic N) is 2. The third-order valence-corrected chi connectivity index (χ3v) is 3.57. The summed E-state index contributed by atoms with van der Waals surface area (Å²) < 4.78 is 14.1. The number of benzene rings is 1. The molecule has 0 aliphatic heterocycles. The van der Waals surface area contributed by atoms with Gasteiger partial charge in [0.2, 0.25) is 0 Å². The van der Waals surface area contributed by atoms with Crippen LogP contribution in [0.25, 0.3) is 10.9 Å². The summed E-state index contributed by atoms with van der Waals surface area (Å²) in [7, 11) is 0. The number of anilines is 1. The Morgan fingerprint density at radius 2 is 2.30 bits per heavy atom. The Morgan fingerprint density at radius 3 is 3.00 bits per heavy atom. The smallest absolute Gasteiger partial charge is 0.281 e. The first-order chi connectivity index (χ1) is 9.66. The number of hydrogen-bond acceptors (Lipinski definition) is 4. The minimum Gasteiger partial charge on any atom is -0.381 e. The minimum absolute atomic E-state index is 0.252. The van der Waals surface area contributed by atoms with Crippen molar-refractivity contribution in [2.24, 2.45) is 5.92 Å². The molecule has 1 fully saturated rings. The number of nitro benzene ring substituents is 1. The number of non-ortho nitro benzene ring substituents is 1. The summed E-state index contributed by atoms with van der Waals surface area (Å²) in [6.45, 7) is 0.658. The minimum atomic E-state index is -0.626. The Hall–Kier alpha value is -2.24. The molecule has 1 saturated carbocycles. The predicted octanol–water partition coefficient (Wildman–Crippen LogP) is 3.49. The van der Waals surface area contributed by atoms with E-state index in [0.29, 0.717) is 17.4 Å². The lowest BCUT2D eigenvalue weighted by Gasteiger charge is -2.10. The number of pyridine rings is 1. The summed E-state index contributed by atoms with van der Waals surface area (Å²) in [4.78, 5) is 14.5. The molecule has 1 aromatic carbocycles. The normalized spacial score (nSPS) is 14.4. The van der Waals surface area contributed by atoms with Crippen molar-refractivity contribution in [2.45, 2.75) is 19.3 Å². The third-order valence-electron chi connectivity index (χ3n) is 3.57. The van der Waals surface area contributed by atoms with Gasteiger partial charge in [0.15, 0.2) is 5.82 Å². The van der Waals surface area contributed by atoms with Gasteiger partial charge in [0.05, 0.1) is 22.1 Å². The second-order valence-corrected chi connectivity index (χ2v) is 5.07. The molecule has 0 spiro atoms. The molecular formula is C14H14FN3O2. The molecule has 0 bridgehead atoms. The van der Waals surface area contributed by atoms with E-state index in [2.05, 4.69) is 10.3 Å². The fourth-order valence-corrected chi connectivity index (χ4v) is 2.32. The van der Waals surface area contributed by atoms with E-state index in [1.165, 1.54) is 19.0 Å². The zero-order chi connectivity index (χ0) is 14.1. The van der Waals surface area contributed by atoms with Crippen molar-refractivity contribution < 1.29 is 9.31 Å². The highest BCUT2D eigenvalue weighted by Crippen LogP contribution is 2.34. The molecule has 3 rings (SSSR count). The molecule has 0 unspecified atom stereocenters. The van der Waals surface area contributed by atoms with Crippen LogP contribution in [-0.4, -0.2) is 16.5 Å².